The van der Waals surface area contributed by atoms with Crippen LogP contribution in [0.2, 0.25) is 0 Å². The van der Waals surface area contributed by atoms with E-state index in [1.54, 1.807) is 12.1 Å². The number of rotatable bonds is 2. The monoisotopic (exact) mass is 295 g/mol. The van der Waals surface area contributed by atoms with Crippen LogP contribution in [0, 0.1) is 6.92 Å². The molecule has 4 heteroatoms. The van der Waals surface area contributed by atoms with Crippen LogP contribution in [0.1, 0.15) is 28.5 Å². The summed E-state index contributed by atoms with van der Waals surface area (Å²) in [4.78, 5) is 11.0. The number of carboxylic acids is 1. The molecular formula is C13H14BrNO2. The molecule has 0 atom stereocenters. The molecule has 0 aliphatic heterocycles. The van der Waals surface area contributed by atoms with Gasteiger partial charge >= 0.3 is 5.97 Å². The average Bonchev–Trinajstić information content (AvgIpc) is 2.51. The van der Waals surface area contributed by atoms with E-state index in [0.29, 0.717) is 5.56 Å². The van der Waals surface area contributed by atoms with Crippen molar-refractivity contribution in [3.8, 4) is 0 Å². The standard InChI is InChI=1S/C13H14BrNO2/c1-4-10-11(14)9-6-8(13(16)17)5-7(2)12(9)15(10)3/h5-6H,4H2,1-3H3,(H,16,17). The summed E-state index contributed by atoms with van der Waals surface area (Å²) in [5.41, 5.74) is 3.61. The van der Waals surface area contributed by atoms with E-state index < -0.39 is 5.97 Å². The molecule has 0 saturated carbocycles. The van der Waals surface area contributed by atoms with Crippen molar-refractivity contribution >= 4 is 32.8 Å². The van der Waals surface area contributed by atoms with E-state index in [0.717, 1.165) is 27.4 Å². The van der Waals surface area contributed by atoms with Gasteiger partial charge in [0.15, 0.2) is 0 Å². The van der Waals surface area contributed by atoms with Gasteiger partial charge in [0.1, 0.15) is 0 Å². The lowest BCUT2D eigenvalue weighted by molar-refractivity contribution is 0.0697. The second-order valence-electron chi connectivity index (χ2n) is 4.17. The number of hydrogen-bond donors (Lipinski definition) is 1. The van der Waals surface area contributed by atoms with Gasteiger partial charge < -0.3 is 9.67 Å². The molecule has 1 heterocycles. The topological polar surface area (TPSA) is 42.2 Å². The number of benzene rings is 1. The van der Waals surface area contributed by atoms with Crippen molar-refractivity contribution in [2.45, 2.75) is 20.3 Å². The highest BCUT2D eigenvalue weighted by molar-refractivity contribution is 9.10. The molecular weight excluding hydrogens is 282 g/mol. The number of fused-ring (bicyclic) bond motifs is 1. The minimum atomic E-state index is -0.885. The third-order valence-corrected chi connectivity index (χ3v) is 4.00. The molecule has 0 aliphatic carbocycles. The first-order chi connectivity index (χ1) is 7.97. The molecule has 0 bridgehead atoms. The molecule has 0 saturated heterocycles. The normalized spacial score (nSPS) is 11.1. The van der Waals surface area contributed by atoms with Crippen LogP contribution in [0.15, 0.2) is 16.6 Å². The Labute approximate surface area is 108 Å². The van der Waals surface area contributed by atoms with Crippen LogP contribution in [0.5, 0.6) is 0 Å². The Hall–Kier alpha value is -1.29. The third-order valence-electron chi connectivity index (χ3n) is 3.11. The van der Waals surface area contributed by atoms with E-state index in [1.807, 2.05) is 14.0 Å². The van der Waals surface area contributed by atoms with Crippen molar-refractivity contribution in [2.75, 3.05) is 0 Å². The Morgan fingerprint density at radius 2 is 2.12 bits per heavy atom. The zero-order valence-electron chi connectivity index (χ0n) is 10.0. The number of halogens is 1. The lowest BCUT2D eigenvalue weighted by Crippen LogP contribution is -1.99. The zero-order valence-corrected chi connectivity index (χ0v) is 11.6. The Morgan fingerprint density at radius 1 is 1.47 bits per heavy atom. The van der Waals surface area contributed by atoms with Gasteiger partial charge in [-0.15, -0.1) is 0 Å². The summed E-state index contributed by atoms with van der Waals surface area (Å²) < 4.78 is 3.13. The molecule has 0 spiro atoms. The van der Waals surface area contributed by atoms with Gasteiger partial charge in [0.25, 0.3) is 0 Å². The van der Waals surface area contributed by atoms with Crippen LogP contribution in [0.3, 0.4) is 0 Å². The molecule has 0 amide bonds. The average molecular weight is 296 g/mol. The number of hydrogen-bond acceptors (Lipinski definition) is 1. The maximum atomic E-state index is 11.0. The van der Waals surface area contributed by atoms with Gasteiger partial charge in [-0.2, -0.15) is 0 Å². The first kappa shape index (κ1) is 12.2. The van der Waals surface area contributed by atoms with Crippen LogP contribution in [0.4, 0.5) is 0 Å². The highest BCUT2D eigenvalue weighted by atomic mass is 79.9. The van der Waals surface area contributed by atoms with E-state index >= 15 is 0 Å². The number of aromatic carboxylic acids is 1. The van der Waals surface area contributed by atoms with Crippen molar-refractivity contribution in [1.82, 2.24) is 4.57 Å². The van der Waals surface area contributed by atoms with E-state index in [1.165, 1.54) is 5.69 Å². The summed E-state index contributed by atoms with van der Waals surface area (Å²) in [5.74, 6) is -0.885. The molecule has 0 radical (unpaired) electrons. The second kappa shape index (κ2) is 4.18. The minimum absolute atomic E-state index is 0.337. The fraction of sp³-hybridized carbons (Fsp3) is 0.308. The van der Waals surface area contributed by atoms with Crippen molar-refractivity contribution in [3.63, 3.8) is 0 Å². The molecule has 2 aromatic rings. The van der Waals surface area contributed by atoms with Gasteiger partial charge in [-0.25, -0.2) is 4.79 Å². The third kappa shape index (κ3) is 1.76. The van der Waals surface area contributed by atoms with Crippen molar-refractivity contribution in [2.24, 2.45) is 7.05 Å². The van der Waals surface area contributed by atoms with Gasteiger partial charge in [0, 0.05) is 22.6 Å². The van der Waals surface area contributed by atoms with Gasteiger partial charge in [-0.3, -0.25) is 0 Å². The summed E-state index contributed by atoms with van der Waals surface area (Å²) >= 11 is 3.57. The molecule has 90 valence electrons. The van der Waals surface area contributed by atoms with E-state index in [9.17, 15) is 4.79 Å². The predicted octanol–water partition coefficient (Wildman–Crippen LogP) is 3.51. The Bertz CT molecular complexity index is 614. The maximum Gasteiger partial charge on any atom is 0.335 e. The Kier molecular flexibility index (Phi) is 3.00. The minimum Gasteiger partial charge on any atom is -0.478 e. The van der Waals surface area contributed by atoms with Crippen LogP contribution < -0.4 is 0 Å². The molecule has 0 unspecified atom stereocenters. The van der Waals surface area contributed by atoms with Gasteiger partial charge in [-0.1, -0.05) is 6.92 Å². The number of aryl methyl sites for hydroxylation is 2. The number of carbonyl (C=O) groups is 1. The van der Waals surface area contributed by atoms with Crippen molar-refractivity contribution in [3.05, 3.63) is 33.4 Å². The number of aromatic nitrogens is 1. The SMILES string of the molecule is CCc1c(Br)c2cc(C(=O)O)cc(C)c2n1C. The quantitative estimate of drug-likeness (QED) is 0.921. The van der Waals surface area contributed by atoms with Crippen LogP contribution in [-0.4, -0.2) is 15.6 Å². The molecule has 1 aromatic carbocycles. The first-order valence-corrected chi connectivity index (χ1v) is 6.27. The van der Waals surface area contributed by atoms with E-state index in [2.05, 4.69) is 27.4 Å². The Morgan fingerprint density at radius 3 is 2.65 bits per heavy atom. The maximum absolute atomic E-state index is 11.0. The molecule has 3 nitrogen and oxygen atoms in total. The lowest BCUT2D eigenvalue weighted by atomic mass is 10.1. The molecule has 0 aliphatic rings. The lowest BCUT2D eigenvalue weighted by Gasteiger charge is -2.04. The summed E-state index contributed by atoms with van der Waals surface area (Å²) in [6.45, 7) is 4.03. The summed E-state index contributed by atoms with van der Waals surface area (Å²) in [6.07, 6.45) is 0.910. The molecule has 1 aromatic heterocycles. The van der Waals surface area contributed by atoms with Crippen LogP contribution >= 0.6 is 15.9 Å². The fourth-order valence-corrected chi connectivity index (χ4v) is 3.19. The van der Waals surface area contributed by atoms with Gasteiger partial charge in [0.2, 0.25) is 0 Å². The number of carboxylic acid groups (broad SMARTS) is 1. The molecule has 2 rings (SSSR count). The predicted molar refractivity (Wildman–Crippen MR) is 71.7 cm³/mol. The van der Waals surface area contributed by atoms with Crippen molar-refractivity contribution < 1.29 is 9.90 Å². The fourth-order valence-electron chi connectivity index (χ4n) is 2.35. The summed E-state index contributed by atoms with van der Waals surface area (Å²) in [6, 6.07) is 3.45. The number of nitrogens with zero attached hydrogens (tertiary/aromatic N) is 1. The van der Waals surface area contributed by atoms with Gasteiger partial charge in [0.05, 0.1) is 11.1 Å². The van der Waals surface area contributed by atoms with E-state index in [-0.39, 0.29) is 0 Å². The zero-order chi connectivity index (χ0) is 12.7. The molecule has 1 N–H and O–H groups in total. The summed E-state index contributed by atoms with van der Waals surface area (Å²) in [5, 5.41) is 10.0. The van der Waals surface area contributed by atoms with Crippen LogP contribution in [-0.2, 0) is 13.5 Å². The van der Waals surface area contributed by atoms with Gasteiger partial charge in [-0.05, 0) is 47.0 Å². The second-order valence-corrected chi connectivity index (χ2v) is 4.96. The molecule has 0 fully saturated rings. The van der Waals surface area contributed by atoms with E-state index in [4.69, 9.17) is 5.11 Å². The first-order valence-electron chi connectivity index (χ1n) is 5.48. The highest BCUT2D eigenvalue weighted by Gasteiger charge is 2.16. The largest absolute Gasteiger partial charge is 0.478 e. The van der Waals surface area contributed by atoms with Crippen LogP contribution in [0.25, 0.3) is 10.9 Å². The Balaban J connectivity index is 2.89. The summed E-state index contributed by atoms with van der Waals surface area (Å²) in [7, 11) is 2.01. The smallest absolute Gasteiger partial charge is 0.335 e. The molecule has 17 heavy (non-hydrogen) atoms. The van der Waals surface area contributed by atoms with Crippen molar-refractivity contribution in [1.29, 1.82) is 0 Å². The highest BCUT2D eigenvalue weighted by Crippen LogP contribution is 2.33.